The van der Waals surface area contributed by atoms with Crippen molar-refractivity contribution >= 4 is 34.8 Å². The largest absolute Gasteiger partial charge is 0.494 e. The van der Waals surface area contributed by atoms with E-state index in [2.05, 4.69) is 17.6 Å². The first kappa shape index (κ1) is 24.9. The van der Waals surface area contributed by atoms with Crippen molar-refractivity contribution in [3.63, 3.8) is 0 Å². The van der Waals surface area contributed by atoms with Gasteiger partial charge in [0.2, 0.25) is 0 Å². The first-order valence-electron chi connectivity index (χ1n) is 11.2. The van der Waals surface area contributed by atoms with E-state index in [9.17, 15) is 9.59 Å². The topological polar surface area (TPSA) is 70.7 Å². The molecule has 0 radical (unpaired) electrons. The van der Waals surface area contributed by atoms with E-state index in [4.69, 9.17) is 17.0 Å². The van der Waals surface area contributed by atoms with E-state index in [0.29, 0.717) is 30.0 Å². The van der Waals surface area contributed by atoms with Crippen LogP contribution in [0.4, 0.5) is 5.69 Å². The Labute approximate surface area is 205 Å². The highest BCUT2D eigenvalue weighted by Gasteiger charge is 2.13. The predicted molar refractivity (Wildman–Crippen MR) is 139 cm³/mol. The molecule has 0 aliphatic rings. The van der Waals surface area contributed by atoms with Gasteiger partial charge in [-0.3, -0.25) is 14.9 Å². The number of ether oxygens (including phenoxy) is 1. The summed E-state index contributed by atoms with van der Waals surface area (Å²) in [6, 6.07) is 23.7. The van der Waals surface area contributed by atoms with Crippen molar-refractivity contribution in [2.24, 2.45) is 0 Å². The molecule has 0 saturated heterocycles. The predicted octanol–water partition coefficient (Wildman–Crippen LogP) is 5.26. The summed E-state index contributed by atoms with van der Waals surface area (Å²) < 4.78 is 5.62. The lowest BCUT2D eigenvalue weighted by atomic mass is 10.1. The van der Waals surface area contributed by atoms with Crippen LogP contribution in [0.15, 0.2) is 78.9 Å². The fourth-order valence-corrected chi connectivity index (χ4v) is 3.46. The second-order valence-electron chi connectivity index (χ2n) is 7.86. The van der Waals surface area contributed by atoms with Crippen molar-refractivity contribution in [2.75, 3.05) is 19.0 Å². The second-order valence-corrected chi connectivity index (χ2v) is 8.27. The Morgan fingerprint density at radius 2 is 1.68 bits per heavy atom. The fraction of sp³-hybridized carbons (Fsp3) is 0.222. The number of nitrogens with zero attached hydrogens (tertiary/aromatic N) is 1. The fourth-order valence-electron chi connectivity index (χ4n) is 3.25. The molecule has 0 aliphatic carbocycles. The monoisotopic (exact) mass is 475 g/mol. The normalized spacial score (nSPS) is 10.3. The number of carbonyl (C=O) groups is 2. The Morgan fingerprint density at radius 3 is 2.38 bits per heavy atom. The Hall–Kier alpha value is -3.71. The maximum Gasteiger partial charge on any atom is 0.257 e. The van der Waals surface area contributed by atoms with Gasteiger partial charge in [-0.05, 0) is 66.7 Å². The standard InChI is InChI=1S/C27H29N3O3S/c1-3-4-17-33-24-15-13-21(14-16-24)25(31)29-27(34)28-23-12-8-11-22(18-23)26(32)30(2)19-20-9-6-5-7-10-20/h5-16,18H,3-4,17,19H2,1-2H3,(H2,28,29,31,34). The summed E-state index contributed by atoms with van der Waals surface area (Å²) in [4.78, 5) is 27.0. The first-order chi connectivity index (χ1) is 16.5. The molecule has 2 amide bonds. The summed E-state index contributed by atoms with van der Waals surface area (Å²) in [5.74, 6) is 0.292. The van der Waals surface area contributed by atoms with Gasteiger partial charge in [0.05, 0.1) is 6.61 Å². The molecule has 3 rings (SSSR count). The van der Waals surface area contributed by atoms with Crippen LogP contribution in [-0.2, 0) is 6.54 Å². The number of nitrogens with one attached hydrogen (secondary N) is 2. The van der Waals surface area contributed by atoms with E-state index in [-0.39, 0.29) is 16.9 Å². The summed E-state index contributed by atoms with van der Waals surface area (Å²) in [5.41, 5.74) is 2.66. The molecule has 0 saturated carbocycles. The highest BCUT2D eigenvalue weighted by atomic mass is 32.1. The van der Waals surface area contributed by atoms with Crippen LogP contribution in [0.1, 0.15) is 46.0 Å². The number of benzene rings is 3. The summed E-state index contributed by atoms with van der Waals surface area (Å²) >= 11 is 5.29. The molecule has 0 aromatic heterocycles. The van der Waals surface area contributed by atoms with Gasteiger partial charge in [-0.15, -0.1) is 0 Å². The molecule has 3 aromatic carbocycles. The minimum absolute atomic E-state index is 0.108. The Bertz CT molecular complexity index is 1120. The number of hydrogen-bond acceptors (Lipinski definition) is 4. The Morgan fingerprint density at radius 1 is 0.941 bits per heavy atom. The van der Waals surface area contributed by atoms with Gasteiger partial charge >= 0.3 is 0 Å². The van der Waals surface area contributed by atoms with Crippen LogP contribution in [0.5, 0.6) is 5.75 Å². The summed E-state index contributed by atoms with van der Waals surface area (Å²) in [5, 5.41) is 5.79. The highest BCUT2D eigenvalue weighted by Crippen LogP contribution is 2.15. The number of anilines is 1. The van der Waals surface area contributed by atoms with Crippen molar-refractivity contribution < 1.29 is 14.3 Å². The smallest absolute Gasteiger partial charge is 0.257 e. The minimum atomic E-state index is -0.326. The third-order valence-corrected chi connectivity index (χ3v) is 5.29. The zero-order valence-corrected chi connectivity index (χ0v) is 20.2. The summed E-state index contributed by atoms with van der Waals surface area (Å²) in [6.07, 6.45) is 2.05. The van der Waals surface area contributed by atoms with Crippen molar-refractivity contribution in [2.45, 2.75) is 26.3 Å². The van der Waals surface area contributed by atoms with E-state index in [1.165, 1.54) is 0 Å². The van der Waals surface area contributed by atoms with Gasteiger partial charge in [0.25, 0.3) is 11.8 Å². The van der Waals surface area contributed by atoms with Crippen LogP contribution in [-0.4, -0.2) is 35.5 Å². The molecular formula is C27H29N3O3S. The van der Waals surface area contributed by atoms with E-state index >= 15 is 0 Å². The second kappa shape index (κ2) is 12.5. The molecule has 176 valence electrons. The molecule has 3 aromatic rings. The van der Waals surface area contributed by atoms with Crippen LogP contribution >= 0.6 is 12.2 Å². The van der Waals surface area contributed by atoms with Gasteiger partial charge in [0, 0.05) is 30.4 Å². The Kier molecular flexibility index (Phi) is 9.17. The number of amides is 2. The third-order valence-electron chi connectivity index (χ3n) is 5.09. The molecule has 0 atom stereocenters. The van der Waals surface area contributed by atoms with Crippen molar-refractivity contribution in [1.29, 1.82) is 0 Å². The molecule has 6 nitrogen and oxygen atoms in total. The average molecular weight is 476 g/mol. The minimum Gasteiger partial charge on any atom is -0.494 e. The molecule has 0 aliphatic heterocycles. The van der Waals surface area contributed by atoms with Crippen molar-refractivity contribution in [3.8, 4) is 5.75 Å². The zero-order chi connectivity index (χ0) is 24.3. The maximum atomic E-state index is 12.8. The molecule has 2 N–H and O–H groups in total. The van der Waals surface area contributed by atoms with E-state index < -0.39 is 0 Å². The van der Waals surface area contributed by atoms with Gasteiger partial charge in [-0.2, -0.15) is 0 Å². The number of thiocarbonyl (C=S) groups is 1. The molecule has 0 spiro atoms. The maximum absolute atomic E-state index is 12.8. The molecule has 0 heterocycles. The number of rotatable bonds is 9. The molecule has 0 fully saturated rings. The van der Waals surface area contributed by atoms with Crippen LogP contribution in [0.25, 0.3) is 0 Å². The summed E-state index contributed by atoms with van der Waals surface area (Å²) in [7, 11) is 1.76. The van der Waals surface area contributed by atoms with E-state index in [1.54, 1.807) is 60.5 Å². The van der Waals surface area contributed by atoms with Crippen LogP contribution in [0.2, 0.25) is 0 Å². The molecule has 7 heteroatoms. The van der Waals surface area contributed by atoms with Gasteiger partial charge in [0.15, 0.2) is 5.11 Å². The third kappa shape index (κ3) is 7.42. The van der Waals surface area contributed by atoms with Crippen LogP contribution in [0.3, 0.4) is 0 Å². The number of hydrogen-bond donors (Lipinski definition) is 2. The summed E-state index contributed by atoms with van der Waals surface area (Å²) in [6.45, 7) is 3.26. The molecular weight excluding hydrogens is 446 g/mol. The average Bonchev–Trinajstić information content (AvgIpc) is 2.84. The van der Waals surface area contributed by atoms with Gasteiger partial charge in [-0.1, -0.05) is 49.7 Å². The van der Waals surface area contributed by atoms with E-state index in [0.717, 1.165) is 24.2 Å². The van der Waals surface area contributed by atoms with E-state index in [1.807, 2.05) is 30.3 Å². The van der Waals surface area contributed by atoms with Crippen LogP contribution < -0.4 is 15.4 Å². The molecule has 34 heavy (non-hydrogen) atoms. The zero-order valence-electron chi connectivity index (χ0n) is 19.4. The van der Waals surface area contributed by atoms with Gasteiger partial charge in [-0.25, -0.2) is 0 Å². The SMILES string of the molecule is CCCCOc1ccc(C(=O)NC(=S)Nc2cccc(C(=O)N(C)Cc3ccccc3)c2)cc1. The highest BCUT2D eigenvalue weighted by molar-refractivity contribution is 7.80. The van der Waals surface area contributed by atoms with Crippen molar-refractivity contribution in [3.05, 3.63) is 95.6 Å². The van der Waals surface area contributed by atoms with Gasteiger partial charge in [0.1, 0.15) is 5.75 Å². The Balaban J connectivity index is 1.55. The lowest BCUT2D eigenvalue weighted by molar-refractivity contribution is 0.0785. The lowest BCUT2D eigenvalue weighted by Gasteiger charge is -2.18. The molecule has 0 unspecified atom stereocenters. The number of unbranched alkanes of at least 4 members (excludes halogenated alkanes) is 1. The quantitative estimate of drug-likeness (QED) is 0.326. The van der Waals surface area contributed by atoms with Gasteiger partial charge < -0.3 is 15.0 Å². The number of carbonyl (C=O) groups excluding carboxylic acids is 2. The lowest BCUT2D eigenvalue weighted by Crippen LogP contribution is -2.34. The van der Waals surface area contributed by atoms with Crippen molar-refractivity contribution in [1.82, 2.24) is 10.2 Å². The van der Waals surface area contributed by atoms with Crippen LogP contribution in [0, 0.1) is 0 Å². The first-order valence-corrected chi connectivity index (χ1v) is 11.6. The molecule has 0 bridgehead atoms.